The van der Waals surface area contributed by atoms with Crippen LogP contribution in [-0.4, -0.2) is 81.8 Å². The van der Waals surface area contributed by atoms with Crippen LogP contribution in [0.1, 0.15) is 23.7 Å². The molecule has 3 N–H and O–H groups in total. The van der Waals surface area contributed by atoms with E-state index >= 15 is 0 Å². The van der Waals surface area contributed by atoms with Gasteiger partial charge in [-0.25, -0.2) is 0 Å². The Balaban J connectivity index is 1.88. The Labute approximate surface area is 166 Å². The maximum atomic E-state index is 12.6. The summed E-state index contributed by atoms with van der Waals surface area (Å²) in [5.74, 6) is 0.195. The monoisotopic (exact) mass is 398 g/mol. The van der Waals surface area contributed by atoms with Gasteiger partial charge in [-0.3, -0.25) is 9.69 Å². The summed E-state index contributed by atoms with van der Waals surface area (Å²) in [7, 11) is 4.16. The summed E-state index contributed by atoms with van der Waals surface area (Å²) in [4.78, 5) is 17.2. The number of anilines is 1. The van der Waals surface area contributed by atoms with Gasteiger partial charge in [0.25, 0.3) is 5.91 Å². The minimum Gasteiger partial charge on any atom is -0.493 e. The summed E-state index contributed by atoms with van der Waals surface area (Å²) in [6.45, 7) is 7.26. The molecule has 0 bridgehead atoms. The molecule has 1 fully saturated rings. The number of carbonyl (C=O) groups excluding carboxylic acids is 1. The molecule has 0 spiro atoms. The van der Waals surface area contributed by atoms with Crippen LogP contribution in [-0.2, 0) is 4.74 Å². The first-order valence-electron chi connectivity index (χ1n) is 9.39. The average Bonchev–Trinajstić information content (AvgIpc) is 2.63. The van der Waals surface area contributed by atoms with Crippen LogP contribution in [0.3, 0.4) is 0 Å². The third-order valence-electron chi connectivity index (χ3n) is 4.44. The number of rotatable bonds is 9. The summed E-state index contributed by atoms with van der Waals surface area (Å²) < 4.78 is 11.3. The number of hydrogen-bond donors (Lipinski definition) is 2. The van der Waals surface area contributed by atoms with Crippen molar-refractivity contribution in [2.75, 3.05) is 65.8 Å². The van der Waals surface area contributed by atoms with E-state index in [9.17, 15) is 4.79 Å². The molecule has 1 amide bonds. The topological polar surface area (TPSA) is 80.1 Å². The SMILES string of the molecule is CCOc1cc(N)c(Cl)cc1C(=O)NCC1CN(CCCN(C)C)CCO1. The summed E-state index contributed by atoms with van der Waals surface area (Å²) in [5.41, 5.74) is 6.59. The minimum atomic E-state index is -0.242. The molecule has 1 aliphatic heterocycles. The molecule has 1 aromatic carbocycles. The summed E-state index contributed by atoms with van der Waals surface area (Å²) in [6, 6.07) is 3.14. The zero-order valence-electron chi connectivity index (χ0n) is 16.5. The molecule has 1 aromatic rings. The normalized spacial score (nSPS) is 17.9. The third kappa shape index (κ3) is 6.84. The van der Waals surface area contributed by atoms with Gasteiger partial charge in [-0.15, -0.1) is 0 Å². The van der Waals surface area contributed by atoms with E-state index < -0.39 is 0 Å². The molecule has 1 unspecified atom stereocenters. The lowest BCUT2D eigenvalue weighted by Crippen LogP contribution is -2.48. The van der Waals surface area contributed by atoms with Crippen LogP contribution in [0.4, 0.5) is 5.69 Å². The highest BCUT2D eigenvalue weighted by molar-refractivity contribution is 6.33. The predicted molar refractivity (Wildman–Crippen MR) is 109 cm³/mol. The number of nitrogens with zero attached hydrogens (tertiary/aromatic N) is 2. The van der Waals surface area contributed by atoms with E-state index in [2.05, 4.69) is 29.2 Å². The van der Waals surface area contributed by atoms with Gasteiger partial charge in [0.1, 0.15) is 5.75 Å². The zero-order chi connectivity index (χ0) is 19.8. The second-order valence-corrected chi connectivity index (χ2v) is 7.37. The Morgan fingerprint density at radius 3 is 2.96 bits per heavy atom. The van der Waals surface area contributed by atoms with Crippen molar-refractivity contribution >= 4 is 23.2 Å². The number of morpholine rings is 1. The first-order valence-corrected chi connectivity index (χ1v) is 9.77. The van der Waals surface area contributed by atoms with Crippen LogP contribution >= 0.6 is 11.6 Å². The molecule has 0 saturated carbocycles. The van der Waals surface area contributed by atoms with E-state index in [0.717, 1.165) is 32.6 Å². The molecule has 1 saturated heterocycles. The van der Waals surface area contributed by atoms with E-state index in [1.54, 1.807) is 12.1 Å². The van der Waals surface area contributed by atoms with Gasteiger partial charge in [-0.2, -0.15) is 0 Å². The first-order chi connectivity index (χ1) is 12.9. The predicted octanol–water partition coefficient (Wildman–Crippen LogP) is 1.70. The van der Waals surface area contributed by atoms with E-state index in [4.69, 9.17) is 26.8 Å². The van der Waals surface area contributed by atoms with Crippen molar-refractivity contribution in [2.45, 2.75) is 19.4 Å². The number of ether oxygens (including phenoxy) is 2. The summed E-state index contributed by atoms with van der Waals surface area (Å²) in [5, 5.41) is 3.27. The van der Waals surface area contributed by atoms with Crippen LogP contribution in [0.15, 0.2) is 12.1 Å². The lowest BCUT2D eigenvalue weighted by atomic mass is 10.1. The van der Waals surface area contributed by atoms with Crippen LogP contribution in [0.5, 0.6) is 5.75 Å². The highest BCUT2D eigenvalue weighted by atomic mass is 35.5. The lowest BCUT2D eigenvalue weighted by molar-refractivity contribution is -0.0270. The van der Waals surface area contributed by atoms with E-state index in [0.29, 0.717) is 41.8 Å². The van der Waals surface area contributed by atoms with Crippen molar-refractivity contribution in [2.24, 2.45) is 0 Å². The molecule has 8 heteroatoms. The van der Waals surface area contributed by atoms with Crippen LogP contribution < -0.4 is 15.8 Å². The van der Waals surface area contributed by atoms with Gasteiger partial charge in [0.05, 0.1) is 35.6 Å². The smallest absolute Gasteiger partial charge is 0.255 e. The molecular weight excluding hydrogens is 368 g/mol. The van der Waals surface area contributed by atoms with Crippen molar-refractivity contribution in [3.8, 4) is 5.75 Å². The number of nitrogens with one attached hydrogen (secondary N) is 1. The van der Waals surface area contributed by atoms with Gasteiger partial charge in [0.2, 0.25) is 0 Å². The Hall–Kier alpha value is -1.54. The Morgan fingerprint density at radius 2 is 2.26 bits per heavy atom. The summed E-state index contributed by atoms with van der Waals surface area (Å²) >= 11 is 6.07. The van der Waals surface area contributed by atoms with Crippen LogP contribution in [0.25, 0.3) is 0 Å². The van der Waals surface area contributed by atoms with E-state index in [1.807, 2.05) is 6.92 Å². The third-order valence-corrected chi connectivity index (χ3v) is 4.76. The Kier molecular flexibility index (Phi) is 8.63. The maximum absolute atomic E-state index is 12.6. The zero-order valence-corrected chi connectivity index (χ0v) is 17.2. The van der Waals surface area contributed by atoms with Crippen molar-refractivity contribution in [3.63, 3.8) is 0 Å². The number of amides is 1. The van der Waals surface area contributed by atoms with Gasteiger partial charge in [-0.05, 0) is 46.6 Å². The average molecular weight is 399 g/mol. The van der Waals surface area contributed by atoms with Gasteiger partial charge in [-0.1, -0.05) is 11.6 Å². The molecule has 152 valence electrons. The van der Waals surface area contributed by atoms with Crippen molar-refractivity contribution in [1.29, 1.82) is 0 Å². The highest BCUT2D eigenvalue weighted by Gasteiger charge is 2.22. The Morgan fingerprint density at radius 1 is 1.48 bits per heavy atom. The van der Waals surface area contributed by atoms with Gasteiger partial charge in [0.15, 0.2) is 0 Å². The van der Waals surface area contributed by atoms with Crippen molar-refractivity contribution < 1.29 is 14.3 Å². The van der Waals surface area contributed by atoms with Crippen molar-refractivity contribution in [3.05, 3.63) is 22.7 Å². The molecular formula is C19H31ClN4O3. The molecule has 1 heterocycles. The first kappa shape index (κ1) is 21.8. The minimum absolute atomic E-state index is 0.0261. The number of halogens is 1. The quantitative estimate of drug-likeness (QED) is 0.616. The van der Waals surface area contributed by atoms with E-state index in [1.165, 1.54) is 0 Å². The highest BCUT2D eigenvalue weighted by Crippen LogP contribution is 2.29. The van der Waals surface area contributed by atoms with Crippen molar-refractivity contribution in [1.82, 2.24) is 15.1 Å². The standard InChI is InChI=1S/C19H31ClN4O3/c1-4-26-18-11-17(21)16(20)10-15(18)19(25)22-12-14-13-24(8-9-27-14)7-5-6-23(2)3/h10-11,14H,4-9,12-13,21H2,1-3H3,(H,22,25). The van der Waals surface area contributed by atoms with Gasteiger partial charge < -0.3 is 25.4 Å². The molecule has 1 atom stereocenters. The fourth-order valence-electron chi connectivity index (χ4n) is 3.04. The second kappa shape index (κ2) is 10.7. The number of hydrogen-bond acceptors (Lipinski definition) is 6. The molecule has 0 aromatic heterocycles. The fraction of sp³-hybridized carbons (Fsp3) is 0.632. The second-order valence-electron chi connectivity index (χ2n) is 6.96. The molecule has 27 heavy (non-hydrogen) atoms. The number of carbonyl (C=O) groups is 1. The lowest BCUT2D eigenvalue weighted by Gasteiger charge is -2.33. The largest absolute Gasteiger partial charge is 0.493 e. The van der Waals surface area contributed by atoms with Crippen LogP contribution in [0, 0.1) is 0 Å². The van der Waals surface area contributed by atoms with Crippen LogP contribution in [0.2, 0.25) is 5.02 Å². The number of benzene rings is 1. The molecule has 0 aliphatic carbocycles. The van der Waals surface area contributed by atoms with E-state index in [-0.39, 0.29) is 12.0 Å². The number of nitrogens with two attached hydrogens (primary N) is 1. The molecule has 0 radical (unpaired) electrons. The molecule has 7 nitrogen and oxygen atoms in total. The van der Waals surface area contributed by atoms with Gasteiger partial charge >= 0.3 is 0 Å². The fourth-order valence-corrected chi connectivity index (χ4v) is 3.20. The number of nitrogen functional groups attached to an aromatic ring is 1. The molecule has 2 rings (SSSR count). The maximum Gasteiger partial charge on any atom is 0.255 e. The van der Waals surface area contributed by atoms with Gasteiger partial charge in [0, 0.05) is 25.7 Å². The molecule has 1 aliphatic rings. The Bertz CT molecular complexity index is 627. The summed E-state index contributed by atoms with van der Waals surface area (Å²) in [6.07, 6.45) is 1.09.